The van der Waals surface area contributed by atoms with E-state index in [1.165, 1.54) is 4.90 Å². The molecule has 0 aliphatic carbocycles. The van der Waals surface area contributed by atoms with Crippen LogP contribution in [-0.2, 0) is 4.79 Å². The molecule has 0 aliphatic heterocycles. The van der Waals surface area contributed by atoms with E-state index in [2.05, 4.69) is 55.9 Å². The number of carbonyl (C=O) groups is 1. The summed E-state index contributed by atoms with van der Waals surface area (Å²) in [7, 11) is 1.70. The quantitative estimate of drug-likeness (QED) is 0.380. The van der Waals surface area contributed by atoms with Crippen molar-refractivity contribution in [3.8, 4) is 0 Å². The Balaban J connectivity index is 2.35. The predicted octanol–water partition coefficient (Wildman–Crippen LogP) is 3.01. The van der Waals surface area contributed by atoms with Crippen molar-refractivity contribution in [2.75, 3.05) is 20.1 Å². The van der Waals surface area contributed by atoms with Crippen molar-refractivity contribution in [1.29, 1.82) is 0 Å². The summed E-state index contributed by atoms with van der Waals surface area (Å²) in [5, 5.41) is 9.55. The first-order valence-corrected chi connectivity index (χ1v) is 9.54. The number of amides is 1. The van der Waals surface area contributed by atoms with Crippen LogP contribution < -0.4 is 16.0 Å². The van der Waals surface area contributed by atoms with Crippen molar-refractivity contribution < 1.29 is 4.79 Å². The van der Waals surface area contributed by atoms with E-state index in [4.69, 9.17) is 0 Å². The minimum atomic E-state index is -0.231. The van der Waals surface area contributed by atoms with E-state index >= 15 is 0 Å². The van der Waals surface area contributed by atoms with E-state index < -0.39 is 0 Å². The molecule has 0 saturated heterocycles. The lowest BCUT2D eigenvalue weighted by Gasteiger charge is -2.21. The zero-order valence-electron chi connectivity index (χ0n) is 14.9. The fraction of sp³-hybridized carbons (Fsp3) is 0.529. The Morgan fingerprint density at radius 2 is 1.88 bits per heavy atom. The van der Waals surface area contributed by atoms with Crippen LogP contribution in [-0.4, -0.2) is 42.8 Å². The number of nitrogens with one attached hydrogen (secondary N) is 3. The standard InChI is InChI=1S/C17H27BrN4OS/c1-12(24-14-8-6-13(18)7-9-14)10-20-16(19-5)21-11-15(23)22-17(2,3)4/h6-9,12H,10-11H2,1-5H3,(H,22,23)(H2,19,20,21). The average molecular weight is 415 g/mol. The molecule has 1 rings (SSSR count). The first-order valence-electron chi connectivity index (χ1n) is 7.87. The molecule has 1 aromatic rings. The zero-order valence-corrected chi connectivity index (χ0v) is 17.3. The maximum atomic E-state index is 11.8. The van der Waals surface area contributed by atoms with Crippen LogP contribution >= 0.6 is 27.7 Å². The molecule has 1 amide bonds. The van der Waals surface area contributed by atoms with Crippen molar-refractivity contribution in [3.05, 3.63) is 28.7 Å². The lowest BCUT2D eigenvalue weighted by atomic mass is 10.1. The number of rotatable bonds is 6. The number of hydrogen-bond donors (Lipinski definition) is 3. The van der Waals surface area contributed by atoms with Crippen LogP contribution in [0.2, 0.25) is 0 Å². The van der Waals surface area contributed by atoms with Gasteiger partial charge in [-0.2, -0.15) is 0 Å². The normalized spacial score (nSPS) is 13.3. The summed E-state index contributed by atoms with van der Waals surface area (Å²) in [6.07, 6.45) is 0. The number of aliphatic imine (C=N–C) groups is 1. The van der Waals surface area contributed by atoms with E-state index in [1.807, 2.05) is 32.9 Å². The summed E-state index contributed by atoms with van der Waals surface area (Å²) >= 11 is 5.23. The second-order valence-electron chi connectivity index (χ2n) is 6.49. The minimum absolute atomic E-state index is 0.0530. The van der Waals surface area contributed by atoms with E-state index in [0.717, 1.165) is 11.0 Å². The molecule has 0 bridgehead atoms. The molecular formula is C17H27BrN4OS. The zero-order chi connectivity index (χ0) is 18.2. The second kappa shape index (κ2) is 9.93. The summed E-state index contributed by atoms with van der Waals surface area (Å²) in [6, 6.07) is 8.26. The third-order valence-electron chi connectivity index (χ3n) is 2.86. The van der Waals surface area contributed by atoms with Crippen molar-refractivity contribution in [3.63, 3.8) is 0 Å². The Morgan fingerprint density at radius 1 is 1.25 bits per heavy atom. The van der Waals surface area contributed by atoms with E-state index in [9.17, 15) is 4.79 Å². The second-order valence-corrected chi connectivity index (χ2v) is 8.91. The first kappa shape index (κ1) is 20.8. The van der Waals surface area contributed by atoms with E-state index in [0.29, 0.717) is 11.2 Å². The van der Waals surface area contributed by atoms with Gasteiger partial charge in [-0.1, -0.05) is 22.9 Å². The number of halogens is 1. The predicted molar refractivity (Wildman–Crippen MR) is 107 cm³/mol. The fourth-order valence-corrected chi connectivity index (χ4v) is 3.06. The molecule has 0 heterocycles. The molecule has 5 nitrogen and oxygen atoms in total. The van der Waals surface area contributed by atoms with Gasteiger partial charge < -0.3 is 16.0 Å². The highest BCUT2D eigenvalue weighted by Gasteiger charge is 2.14. The Bertz CT molecular complexity index is 555. The largest absolute Gasteiger partial charge is 0.355 e. The maximum absolute atomic E-state index is 11.8. The Labute approximate surface area is 157 Å². The molecule has 1 atom stereocenters. The van der Waals surface area contributed by atoms with Gasteiger partial charge in [0.15, 0.2) is 5.96 Å². The number of guanidine groups is 1. The topological polar surface area (TPSA) is 65.5 Å². The lowest BCUT2D eigenvalue weighted by molar-refractivity contribution is -0.121. The average Bonchev–Trinajstić information content (AvgIpc) is 2.48. The summed E-state index contributed by atoms with van der Waals surface area (Å²) in [5.74, 6) is 0.574. The van der Waals surface area contributed by atoms with Gasteiger partial charge in [0.25, 0.3) is 0 Å². The molecule has 3 N–H and O–H groups in total. The van der Waals surface area contributed by atoms with Crippen molar-refractivity contribution in [1.82, 2.24) is 16.0 Å². The number of nitrogens with zero attached hydrogens (tertiary/aromatic N) is 1. The SMILES string of the molecule is CN=C(NCC(=O)NC(C)(C)C)NCC(C)Sc1ccc(Br)cc1. The summed E-state index contributed by atoms with van der Waals surface area (Å²) in [6.45, 7) is 8.97. The molecule has 1 aromatic carbocycles. The lowest BCUT2D eigenvalue weighted by Crippen LogP contribution is -2.48. The fourth-order valence-electron chi connectivity index (χ4n) is 1.87. The van der Waals surface area contributed by atoms with Crippen LogP contribution in [0.4, 0.5) is 0 Å². The van der Waals surface area contributed by atoms with Gasteiger partial charge in [0.05, 0.1) is 6.54 Å². The van der Waals surface area contributed by atoms with Gasteiger partial charge >= 0.3 is 0 Å². The third-order valence-corrected chi connectivity index (χ3v) is 4.50. The van der Waals surface area contributed by atoms with Crippen LogP contribution in [0, 0.1) is 0 Å². The highest BCUT2D eigenvalue weighted by atomic mass is 79.9. The van der Waals surface area contributed by atoms with E-state index in [-0.39, 0.29) is 18.0 Å². The molecule has 1 unspecified atom stereocenters. The van der Waals surface area contributed by atoms with Crippen LogP contribution in [0.5, 0.6) is 0 Å². The number of carbonyl (C=O) groups excluding carboxylic acids is 1. The monoisotopic (exact) mass is 414 g/mol. The number of benzene rings is 1. The highest BCUT2D eigenvalue weighted by Crippen LogP contribution is 2.24. The molecule has 0 spiro atoms. The number of thioether (sulfide) groups is 1. The van der Waals surface area contributed by atoms with Crippen molar-refractivity contribution in [2.24, 2.45) is 4.99 Å². The maximum Gasteiger partial charge on any atom is 0.239 e. The summed E-state index contributed by atoms with van der Waals surface area (Å²) < 4.78 is 1.08. The van der Waals surface area contributed by atoms with Gasteiger partial charge in [0.1, 0.15) is 0 Å². The minimum Gasteiger partial charge on any atom is -0.355 e. The van der Waals surface area contributed by atoms with Gasteiger partial charge in [-0.05, 0) is 45.0 Å². The van der Waals surface area contributed by atoms with Gasteiger partial charge in [0.2, 0.25) is 5.91 Å². The van der Waals surface area contributed by atoms with Crippen molar-refractivity contribution >= 4 is 39.6 Å². The van der Waals surface area contributed by atoms with Gasteiger partial charge in [0, 0.05) is 33.7 Å². The molecule has 0 aromatic heterocycles. The Morgan fingerprint density at radius 3 is 2.42 bits per heavy atom. The summed E-state index contributed by atoms with van der Waals surface area (Å²) in [4.78, 5) is 17.2. The van der Waals surface area contributed by atoms with Crippen LogP contribution in [0.1, 0.15) is 27.7 Å². The van der Waals surface area contributed by atoms with Crippen LogP contribution in [0.3, 0.4) is 0 Å². The number of hydrogen-bond acceptors (Lipinski definition) is 3. The molecule has 7 heteroatoms. The van der Waals surface area contributed by atoms with E-state index in [1.54, 1.807) is 18.8 Å². The molecule has 0 aliphatic rings. The summed E-state index contributed by atoms with van der Waals surface area (Å²) in [5.41, 5.74) is -0.231. The van der Waals surface area contributed by atoms with Crippen LogP contribution in [0.25, 0.3) is 0 Å². The Hall–Kier alpha value is -1.21. The molecule has 0 fully saturated rings. The van der Waals surface area contributed by atoms with Gasteiger partial charge in [-0.3, -0.25) is 9.79 Å². The molecule has 24 heavy (non-hydrogen) atoms. The molecule has 0 saturated carbocycles. The van der Waals surface area contributed by atoms with Gasteiger partial charge in [-0.15, -0.1) is 11.8 Å². The smallest absolute Gasteiger partial charge is 0.239 e. The Kier molecular flexibility index (Phi) is 8.62. The van der Waals surface area contributed by atoms with Crippen LogP contribution in [0.15, 0.2) is 38.6 Å². The first-order chi connectivity index (χ1) is 11.2. The third kappa shape index (κ3) is 9.17. The molecular weight excluding hydrogens is 388 g/mol. The highest BCUT2D eigenvalue weighted by molar-refractivity contribution is 9.10. The molecule has 0 radical (unpaired) electrons. The van der Waals surface area contributed by atoms with Crippen molar-refractivity contribution in [2.45, 2.75) is 43.4 Å². The molecule has 134 valence electrons. The van der Waals surface area contributed by atoms with Gasteiger partial charge in [-0.25, -0.2) is 0 Å².